The molecule has 25 heavy (non-hydrogen) atoms. The van der Waals surface area contributed by atoms with E-state index in [-0.39, 0.29) is 28.5 Å². The first-order valence-corrected chi connectivity index (χ1v) is 7.57. The molecule has 0 unspecified atom stereocenters. The number of hydrogen-bond acceptors (Lipinski definition) is 5. The summed E-state index contributed by atoms with van der Waals surface area (Å²) < 4.78 is 10.5. The van der Waals surface area contributed by atoms with Crippen molar-refractivity contribution in [3.8, 4) is 17.2 Å². The van der Waals surface area contributed by atoms with E-state index in [0.717, 1.165) is 0 Å². The Morgan fingerprint density at radius 3 is 1.92 bits per heavy atom. The highest BCUT2D eigenvalue weighted by molar-refractivity contribution is 6.48. The van der Waals surface area contributed by atoms with Crippen LogP contribution < -0.4 is 9.47 Å². The van der Waals surface area contributed by atoms with Gasteiger partial charge in [0, 0.05) is 11.1 Å². The molecule has 0 atom stereocenters. The topological polar surface area (TPSA) is 72.8 Å². The number of Topliss-reactive ketones (excluding diaryl/α,β-unsaturated/α-hetero) is 1. The Hall–Kier alpha value is -3.34. The van der Waals surface area contributed by atoms with Gasteiger partial charge in [0.1, 0.15) is 5.75 Å². The quantitative estimate of drug-likeness (QED) is 0.869. The van der Waals surface area contributed by atoms with Crippen LogP contribution in [0.2, 0.25) is 0 Å². The van der Waals surface area contributed by atoms with Crippen molar-refractivity contribution in [3.05, 3.63) is 65.7 Å². The van der Waals surface area contributed by atoms with E-state index in [9.17, 15) is 14.7 Å². The number of carbonyl (C=O) groups is 2. The van der Waals surface area contributed by atoms with Crippen LogP contribution in [0.25, 0.3) is 11.1 Å². The SMILES string of the molecule is COc1ccc(C2=CC(=O)C=C(c3ccc(O)cc3)C2=O)cc1OC. The number of ether oxygens (including phenoxy) is 2. The molecule has 0 aromatic heterocycles. The number of phenolic OH excluding ortho intramolecular Hbond substituents is 1. The highest BCUT2D eigenvalue weighted by Gasteiger charge is 2.25. The summed E-state index contributed by atoms with van der Waals surface area (Å²) >= 11 is 0. The van der Waals surface area contributed by atoms with Crippen LogP contribution in [-0.2, 0) is 9.59 Å². The summed E-state index contributed by atoms with van der Waals surface area (Å²) in [4.78, 5) is 25.0. The summed E-state index contributed by atoms with van der Waals surface area (Å²) in [5.74, 6) is 0.567. The lowest BCUT2D eigenvalue weighted by Crippen LogP contribution is -2.13. The third kappa shape index (κ3) is 3.17. The van der Waals surface area contributed by atoms with E-state index >= 15 is 0 Å². The first-order valence-electron chi connectivity index (χ1n) is 7.57. The third-order valence-corrected chi connectivity index (χ3v) is 3.94. The number of ketones is 2. The number of benzene rings is 2. The van der Waals surface area contributed by atoms with Gasteiger partial charge in [-0.1, -0.05) is 18.2 Å². The predicted molar refractivity (Wildman–Crippen MR) is 93.6 cm³/mol. The number of carbonyl (C=O) groups excluding carboxylic acids is 2. The molecule has 0 radical (unpaired) electrons. The normalized spacial score (nSPS) is 14.0. The van der Waals surface area contributed by atoms with Crippen molar-refractivity contribution >= 4 is 22.7 Å². The lowest BCUT2D eigenvalue weighted by atomic mass is 9.87. The Labute approximate surface area is 144 Å². The molecule has 0 aliphatic heterocycles. The van der Waals surface area contributed by atoms with Gasteiger partial charge in [-0.3, -0.25) is 9.59 Å². The van der Waals surface area contributed by atoms with Crippen LogP contribution in [-0.4, -0.2) is 30.9 Å². The summed E-state index contributed by atoms with van der Waals surface area (Å²) in [6.07, 6.45) is 2.62. The van der Waals surface area contributed by atoms with Crippen molar-refractivity contribution in [2.45, 2.75) is 0 Å². The summed E-state index contributed by atoms with van der Waals surface area (Å²) in [5.41, 5.74) is 1.72. The van der Waals surface area contributed by atoms with Crippen LogP contribution in [0.5, 0.6) is 17.2 Å². The minimum Gasteiger partial charge on any atom is -0.508 e. The van der Waals surface area contributed by atoms with Crippen molar-refractivity contribution in [1.29, 1.82) is 0 Å². The molecule has 0 saturated carbocycles. The van der Waals surface area contributed by atoms with Gasteiger partial charge < -0.3 is 14.6 Å². The second kappa shape index (κ2) is 6.65. The maximum Gasteiger partial charge on any atom is 0.194 e. The molecule has 0 amide bonds. The minimum absolute atomic E-state index is 0.0922. The van der Waals surface area contributed by atoms with Gasteiger partial charge in [0.05, 0.1) is 14.2 Å². The zero-order valence-corrected chi connectivity index (χ0v) is 13.8. The molecule has 2 aromatic rings. The number of phenols is 1. The predicted octanol–water partition coefficient (Wildman–Crippen LogP) is 3.03. The summed E-state index contributed by atoms with van der Waals surface area (Å²) in [7, 11) is 3.03. The highest BCUT2D eigenvalue weighted by atomic mass is 16.5. The van der Waals surface area contributed by atoms with Crippen LogP contribution in [0.4, 0.5) is 0 Å². The van der Waals surface area contributed by atoms with E-state index in [1.54, 1.807) is 30.3 Å². The number of methoxy groups -OCH3 is 2. The monoisotopic (exact) mass is 336 g/mol. The molecule has 1 aliphatic rings. The standard InChI is InChI=1S/C20H16O5/c1-24-18-8-5-13(9-19(18)25-2)17-11-15(22)10-16(20(17)23)12-3-6-14(21)7-4-12/h3-11,21H,1-2H3. The molecule has 0 fully saturated rings. The average molecular weight is 336 g/mol. The maximum atomic E-state index is 12.9. The fourth-order valence-corrected chi connectivity index (χ4v) is 2.68. The first-order chi connectivity index (χ1) is 12.0. The number of allylic oxidation sites excluding steroid dienone is 4. The Morgan fingerprint density at radius 2 is 1.32 bits per heavy atom. The Bertz CT molecular complexity index is 904. The van der Waals surface area contributed by atoms with Gasteiger partial charge in [0.15, 0.2) is 23.1 Å². The maximum absolute atomic E-state index is 12.9. The molecule has 3 rings (SSSR count). The zero-order chi connectivity index (χ0) is 18.0. The second-order valence-electron chi connectivity index (χ2n) is 5.46. The Balaban J connectivity index is 2.02. The Kier molecular flexibility index (Phi) is 4.39. The fourth-order valence-electron chi connectivity index (χ4n) is 2.68. The van der Waals surface area contributed by atoms with Crippen molar-refractivity contribution in [2.24, 2.45) is 0 Å². The van der Waals surface area contributed by atoms with E-state index in [0.29, 0.717) is 22.6 Å². The number of hydrogen-bond donors (Lipinski definition) is 1. The van der Waals surface area contributed by atoms with Gasteiger partial charge in [0.25, 0.3) is 0 Å². The zero-order valence-electron chi connectivity index (χ0n) is 13.8. The molecule has 1 aliphatic carbocycles. The minimum atomic E-state index is -0.271. The largest absolute Gasteiger partial charge is 0.508 e. The molecule has 5 heteroatoms. The number of aromatic hydroxyl groups is 1. The van der Waals surface area contributed by atoms with Gasteiger partial charge in [-0.25, -0.2) is 0 Å². The molecular formula is C20H16O5. The fraction of sp³-hybridized carbons (Fsp3) is 0.100. The molecule has 0 heterocycles. The number of rotatable bonds is 4. The van der Waals surface area contributed by atoms with Crippen molar-refractivity contribution < 1.29 is 24.2 Å². The Morgan fingerprint density at radius 1 is 0.760 bits per heavy atom. The van der Waals surface area contributed by atoms with Crippen LogP contribution in [0, 0.1) is 0 Å². The molecule has 0 saturated heterocycles. The summed E-state index contributed by atoms with van der Waals surface area (Å²) in [5, 5.41) is 9.40. The van der Waals surface area contributed by atoms with E-state index < -0.39 is 0 Å². The average Bonchev–Trinajstić information content (AvgIpc) is 2.63. The van der Waals surface area contributed by atoms with Gasteiger partial charge in [-0.05, 0) is 47.5 Å². The third-order valence-electron chi connectivity index (χ3n) is 3.94. The lowest BCUT2D eigenvalue weighted by Gasteiger charge is -2.16. The van der Waals surface area contributed by atoms with E-state index in [2.05, 4.69) is 0 Å². The van der Waals surface area contributed by atoms with Gasteiger partial charge in [-0.15, -0.1) is 0 Å². The molecule has 126 valence electrons. The van der Waals surface area contributed by atoms with E-state index in [4.69, 9.17) is 9.47 Å². The van der Waals surface area contributed by atoms with Crippen LogP contribution in [0.3, 0.4) is 0 Å². The van der Waals surface area contributed by atoms with Crippen LogP contribution >= 0.6 is 0 Å². The van der Waals surface area contributed by atoms with E-state index in [1.165, 1.54) is 38.5 Å². The van der Waals surface area contributed by atoms with Crippen LogP contribution in [0.1, 0.15) is 11.1 Å². The summed E-state index contributed by atoms with van der Waals surface area (Å²) in [6.45, 7) is 0. The van der Waals surface area contributed by atoms with E-state index in [1.807, 2.05) is 0 Å². The van der Waals surface area contributed by atoms with Gasteiger partial charge in [0.2, 0.25) is 0 Å². The smallest absolute Gasteiger partial charge is 0.194 e. The molecule has 5 nitrogen and oxygen atoms in total. The molecule has 2 aromatic carbocycles. The van der Waals surface area contributed by atoms with Crippen molar-refractivity contribution in [1.82, 2.24) is 0 Å². The van der Waals surface area contributed by atoms with Crippen molar-refractivity contribution in [3.63, 3.8) is 0 Å². The molecule has 1 N–H and O–H groups in total. The van der Waals surface area contributed by atoms with Gasteiger partial charge in [-0.2, -0.15) is 0 Å². The first kappa shape index (κ1) is 16.5. The molecule has 0 bridgehead atoms. The highest BCUT2D eigenvalue weighted by Crippen LogP contribution is 2.34. The summed E-state index contributed by atoms with van der Waals surface area (Å²) in [6, 6.07) is 11.2. The molecule has 0 spiro atoms. The van der Waals surface area contributed by atoms with Crippen LogP contribution in [0.15, 0.2) is 54.6 Å². The van der Waals surface area contributed by atoms with Gasteiger partial charge >= 0.3 is 0 Å². The van der Waals surface area contributed by atoms with Crippen molar-refractivity contribution in [2.75, 3.05) is 14.2 Å². The lowest BCUT2D eigenvalue weighted by molar-refractivity contribution is -0.112. The second-order valence-corrected chi connectivity index (χ2v) is 5.46. The molecular weight excluding hydrogens is 320 g/mol.